The van der Waals surface area contributed by atoms with E-state index in [-0.39, 0.29) is 6.04 Å². The second-order valence-corrected chi connectivity index (χ2v) is 3.82. The molecule has 0 saturated carbocycles. The number of nitrogens with two attached hydrogens (primary N) is 1. The number of halogens is 1. The van der Waals surface area contributed by atoms with E-state index in [1.165, 1.54) is 0 Å². The molecule has 0 radical (unpaired) electrons. The maximum atomic E-state index is 6.13. The van der Waals surface area contributed by atoms with Crippen LogP contribution in [0.1, 0.15) is 17.2 Å². The van der Waals surface area contributed by atoms with Crippen molar-refractivity contribution in [2.24, 2.45) is 5.73 Å². The third-order valence-corrected chi connectivity index (χ3v) is 2.74. The minimum absolute atomic E-state index is 0.153. The third-order valence-electron chi connectivity index (χ3n) is 2.40. The average molecular weight is 218 g/mol. The molecule has 0 aliphatic rings. The van der Waals surface area contributed by atoms with Gasteiger partial charge in [0.15, 0.2) is 0 Å². The van der Waals surface area contributed by atoms with Crippen LogP contribution in [0.5, 0.6) is 0 Å². The van der Waals surface area contributed by atoms with E-state index < -0.39 is 0 Å². The van der Waals surface area contributed by atoms with Gasteiger partial charge in [0.1, 0.15) is 0 Å². The Bertz CT molecular complexity index is 439. The van der Waals surface area contributed by atoms with E-state index >= 15 is 0 Å². The Kier molecular flexibility index (Phi) is 3.05. The molecular formula is C13H12ClN. The first kappa shape index (κ1) is 10.2. The number of rotatable bonds is 2. The van der Waals surface area contributed by atoms with Gasteiger partial charge in [0, 0.05) is 5.02 Å². The summed E-state index contributed by atoms with van der Waals surface area (Å²) < 4.78 is 0. The molecule has 0 aliphatic heterocycles. The highest BCUT2D eigenvalue weighted by atomic mass is 35.5. The summed E-state index contributed by atoms with van der Waals surface area (Å²) in [5.74, 6) is 0. The van der Waals surface area contributed by atoms with Gasteiger partial charge in [-0.05, 0) is 17.2 Å². The molecule has 0 saturated heterocycles. The SMILES string of the molecule is N[C@H](c1ccccc1)c1ccccc1Cl. The molecule has 0 fully saturated rings. The molecule has 0 aromatic heterocycles. The Morgan fingerprint density at radius 2 is 1.47 bits per heavy atom. The molecule has 15 heavy (non-hydrogen) atoms. The van der Waals surface area contributed by atoms with Crippen molar-refractivity contribution >= 4 is 11.6 Å². The second kappa shape index (κ2) is 4.47. The topological polar surface area (TPSA) is 26.0 Å². The molecule has 0 amide bonds. The summed E-state index contributed by atoms with van der Waals surface area (Å²) in [5.41, 5.74) is 8.17. The molecule has 0 spiro atoms. The van der Waals surface area contributed by atoms with Crippen LogP contribution < -0.4 is 5.73 Å². The van der Waals surface area contributed by atoms with Crippen LogP contribution in [0.2, 0.25) is 5.02 Å². The molecule has 2 heteroatoms. The van der Waals surface area contributed by atoms with E-state index in [0.29, 0.717) is 5.02 Å². The van der Waals surface area contributed by atoms with Crippen LogP contribution in [-0.2, 0) is 0 Å². The Labute approximate surface area is 94.5 Å². The lowest BCUT2D eigenvalue weighted by molar-refractivity contribution is 0.872. The van der Waals surface area contributed by atoms with Gasteiger partial charge in [-0.3, -0.25) is 0 Å². The summed E-state index contributed by atoms with van der Waals surface area (Å²) in [6.45, 7) is 0. The minimum Gasteiger partial charge on any atom is -0.320 e. The molecule has 0 heterocycles. The zero-order chi connectivity index (χ0) is 10.7. The van der Waals surface area contributed by atoms with Crippen molar-refractivity contribution in [1.29, 1.82) is 0 Å². The molecule has 76 valence electrons. The Balaban J connectivity index is 2.37. The summed E-state index contributed by atoms with van der Waals surface area (Å²) >= 11 is 6.09. The van der Waals surface area contributed by atoms with Crippen molar-refractivity contribution in [3.63, 3.8) is 0 Å². The van der Waals surface area contributed by atoms with Gasteiger partial charge in [-0.2, -0.15) is 0 Å². The first-order valence-corrected chi connectivity index (χ1v) is 5.22. The summed E-state index contributed by atoms with van der Waals surface area (Å²) in [7, 11) is 0. The molecule has 2 N–H and O–H groups in total. The Morgan fingerprint density at radius 1 is 0.867 bits per heavy atom. The fraction of sp³-hybridized carbons (Fsp3) is 0.0769. The van der Waals surface area contributed by atoms with E-state index in [0.717, 1.165) is 11.1 Å². The third kappa shape index (κ3) is 2.20. The second-order valence-electron chi connectivity index (χ2n) is 3.41. The zero-order valence-electron chi connectivity index (χ0n) is 8.23. The molecule has 0 aliphatic carbocycles. The van der Waals surface area contributed by atoms with Gasteiger partial charge in [-0.15, -0.1) is 0 Å². The van der Waals surface area contributed by atoms with Crippen molar-refractivity contribution in [2.75, 3.05) is 0 Å². The van der Waals surface area contributed by atoms with Crippen LogP contribution in [0.25, 0.3) is 0 Å². The largest absolute Gasteiger partial charge is 0.320 e. The average Bonchev–Trinajstić information content (AvgIpc) is 2.30. The maximum absolute atomic E-state index is 6.13. The maximum Gasteiger partial charge on any atom is 0.0566 e. The normalized spacial score (nSPS) is 12.4. The monoisotopic (exact) mass is 217 g/mol. The highest BCUT2D eigenvalue weighted by Crippen LogP contribution is 2.25. The summed E-state index contributed by atoms with van der Waals surface area (Å²) in [6, 6.07) is 17.5. The van der Waals surface area contributed by atoms with Crippen LogP contribution >= 0.6 is 11.6 Å². The van der Waals surface area contributed by atoms with Crippen molar-refractivity contribution in [3.8, 4) is 0 Å². The first-order valence-electron chi connectivity index (χ1n) is 4.84. The fourth-order valence-electron chi connectivity index (χ4n) is 1.57. The Morgan fingerprint density at radius 3 is 2.13 bits per heavy atom. The van der Waals surface area contributed by atoms with Gasteiger partial charge in [0.05, 0.1) is 6.04 Å². The molecule has 0 bridgehead atoms. The van der Waals surface area contributed by atoms with Crippen molar-refractivity contribution in [1.82, 2.24) is 0 Å². The quantitative estimate of drug-likeness (QED) is 0.820. The summed E-state index contributed by atoms with van der Waals surface area (Å²) in [4.78, 5) is 0. The number of hydrogen-bond acceptors (Lipinski definition) is 1. The van der Waals surface area contributed by atoms with Crippen LogP contribution in [0.3, 0.4) is 0 Å². The summed E-state index contributed by atoms with van der Waals surface area (Å²) in [6.07, 6.45) is 0. The van der Waals surface area contributed by atoms with Crippen LogP contribution in [-0.4, -0.2) is 0 Å². The standard InChI is InChI=1S/C13H12ClN/c14-12-9-5-4-8-11(12)13(15)10-6-2-1-3-7-10/h1-9,13H,15H2/t13-/m1/s1. The molecule has 2 aromatic carbocycles. The highest BCUT2D eigenvalue weighted by molar-refractivity contribution is 6.31. The highest BCUT2D eigenvalue weighted by Gasteiger charge is 2.10. The lowest BCUT2D eigenvalue weighted by atomic mass is 10.00. The van der Waals surface area contributed by atoms with Gasteiger partial charge in [-0.1, -0.05) is 60.1 Å². The lowest BCUT2D eigenvalue weighted by Gasteiger charge is -2.13. The number of benzene rings is 2. The van der Waals surface area contributed by atoms with Gasteiger partial charge >= 0.3 is 0 Å². The van der Waals surface area contributed by atoms with Crippen LogP contribution in [0, 0.1) is 0 Å². The predicted octanol–water partition coefficient (Wildman–Crippen LogP) is 3.39. The molecular weight excluding hydrogens is 206 g/mol. The van der Waals surface area contributed by atoms with E-state index in [1.807, 2.05) is 54.6 Å². The van der Waals surface area contributed by atoms with E-state index in [4.69, 9.17) is 17.3 Å². The minimum atomic E-state index is -0.153. The summed E-state index contributed by atoms with van der Waals surface area (Å²) in [5, 5.41) is 0.717. The fourth-order valence-corrected chi connectivity index (χ4v) is 1.82. The van der Waals surface area contributed by atoms with Crippen molar-refractivity contribution in [2.45, 2.75) is 6.04 Å². The van der Waals surface area contributed by atoms with Crippen molar-refractivity contribution in [3.05, 3.63) is 70.7 Å². The molecule has 2 rings (SSSR count). The van der Waals surface area contributed by atoms with Gasteiger partial charge in [0.25, 0.3) is 0 Å². The lowest BCUT2D eigenvalue weighted by Crippen LogP contribution is -2.11. The molecule has 1 nitrogen and oxygen atoms in total. The smallest absolute Gasteiger partial charge is 0.0566 e. The predicted molar refractivity (Wildman–Crippen MR) is 63.9 cm³/mol. The van der Waals surface area contributed by atoms with Gasteiger partial charge < -0.3 is 5.73 Å². The van der Waals surface area contributed by atoms with E-state index in [1.54, 1.807) is 0 Å². The first-order chi connectivity index (χ1) is 7.29. The van der Waals surface area contributed by atoms with Crippen LogP contribution in [0.4, 0.5) is 0 Å². The Hall–Kier alpha value is -1.31. The molecule has 1 atom stereocenters. The van der Waals surface area contributed by atoms with Gasteiger partial charge in [0.2, 0.25) is 0 Å². The molecule has 2 aromatic rings. The zero-order valence-corrected chi connectivity index (χ0v) is 8.98. The van der Waals surface area contributed by atoms with E-state index in [9.17, 15) is 0 Å². The number of hydrogen-bond donors (Lipinski definition) is 1. The van der Waals surface area contributed by atoms with E-state index in [2.05, 4.69) is 0 Å². The van der Waals surface area contributed by atoms with Crippen molar-refractivity contribution < 1.29 is 0 Å². The van der Waals surface area contributed by atoms with Gasteiger partial charge in [-0.25, -0.2) is 0 Å². The van der Waals surface area contributed by atoms with Crippen LogP contribution in [0.15, 0.2) is 54.6 Å². The molecule has 0 unspecified atom stereocenters.